The number of aldehydes is 2. The van der Waals surface area contributed by atoms with E-state index in [2.05, 4.69) is 36.1 Å². The molecular weight excluding hydrogens is 1060 g/mol. The van der Waals surface area contributed by atoms with E-state index in [9.17, 15) is 29.1 Å². The fraction of sp³-hybridized carbons (Fsp3) is 0.317. The van der Waals surface area contributed by atoms with Gasteiger partial charge in [0.25, 0.3) is 11.5 Å². The lowest BCUT2D eigenvalue weighted by Gasteiger charge is -2.38. The van der Waals surface area contributed by atoms with Gasteiger partial charge in [-0.25, -0.2) is 20.0 Å². The van der Waals surface area contributed by atoms with Crippen LogP contribution in [0.4, 0.5) is 16.0 Å². The maximum atomic E-state index is 13.1. The molecule has 4 heterocycles. The summed E-state index contributed by atoms with van der Waals surface area (Å²) in [4.78, 5) is 80.3. The van der Waals surface area contributed by atoms with Crippen LogP contribution in [0.15, 0.2) is 152 Å². The fourth-order valence-corrected chi connectivity index (χ4v) is 10.2. The number of likely N-dealkylation sites (tertiary alicyclic amines) is 1. The van der Waals surface area contributed by atoms with Crippen LogP contribution in [0.25, 0.3) is 11.3 Å². The highest BCUT2D eigenvalue weighted by atomic mass is 32.1. The number of aliphatic hydroxyl groups is 1. The van der Waals surface area contributed by atoms with E-state index in [0.29, 0.717) is 91.0 Å². The van der Waals surface area contributed by atoms with Crippen molar-refractivity contribution in [2.45, 2.75) is 82.9 Å². The molecule has 7 aromatic rings. The van der Waals surface area contributed by atoms with Gasteiger partial charge in [-0.3, -0.25) is 34.2 Å². The van der Waals surface area contributed by atoms with Gasteiger partial charge in [-0.15, -0.1) is 22.7 Å². The number of amides is 2. The molecule has 0 unspecified atom stereocenters. The smallest absolute Gasteiger partial charge is 0.277 e. The van der Waals surface area contributed by atoms with E-state index in [1.165, 1.54) is 33.6 Å². The first kappa shape index (κ1) is 60.3. The zero-order valence-electron chi connectivity index (χ0n) is 45.9. The summed E-state index contributed by atoms with van der Waals surface area (Å²) in [7, 11) is 5.29. The van der Waals surface area contributed by atoms with Crippen LogP contribution in [0.5, 0.6) is 0 Å². The Hall–Kier alpha value is -8.37. The second kappa shape index (κ2) is 30.8. The monoisotopic (exact) mass is 1130 g/mol. The van der Waals surface area contributed by atoms with Crippen molar-refractivity contribution in [1.82, 2.24) is 35.1 Å². The molecule has 0 atom stereocenters. The molecule has 1 fully saturated rings. The topological polar surface area (TPSA) is 255 Å². The zero-order chi connectivity index (χ0) is 57.4. The molecule has 0 bridgehead atoms. The molecule has 21 heteroatoms. The minimum atomic E-state index is -1.12. The van der Waals surface area contributed by atoms with E-state index in [4.69, 9.17) is 15.8 Å². The summed E-state index contributed by atoms with van der Waals surface area (Å²) in [6, 6.07) is 34.4. The highest BCUT2D eigenvalue weighted by Gasteiger charge is 2.35. The summed E-state index contributed by atoms with van der Waals surface area (Å²) in [5.74, 6) is -0.0281. The Labute approximate surface area is 479 Å². The van der Waals surface area contributed by atoms with Crippen LogP contribution in [-0.4, -0.2) is 117 Å². The van der Waals surface area contributed by atoms with Crippen LogP contribution in [0, 0.1) is 0 Å². The van der Waals surface area contributed by atoms with Gasteiger partial charge in [0.15, 0.2) is 12.0 Å². The summed E-state index contributed by atoms with van der Waals surface area (Å²) in [6.45, 7) is 2.32. The molecular formula is C60H69N13O6S2. The van der Waals surface area contributed by atoms with Gasteiger partial charge in [-0.2, -0.15) is 10.2 Å². The molecule has 0 spiro atoms. The maximum Gasteiger partial charge on any atom is 0.277 e. The number of hydrogen-bond donors (Lipinski definition) is 5. The van der Waals surface area contributed by atoms with Crippen molar-refractivity contribution < 1.29 is 24.3 Å². The average molecular weight is 1130 g/mol. The number of nitrogens with zero attached hydrogens (tertiary/aromatic N) is 9. The Morgan fingerprint density at radius 1 is 0.852 bits per heavy atom. The molecule has 81 heavy (non-hydrogen) atoms. The number of hydrogen-bond acceptors (Lipinski definition) is 18. The van der Waals surface area contributed by atoms with Gasteiger partial charge in [0.1, 0.15) is 23.4 Å². The molecule has 8 rings (SSSR count). The minimum Gasteiger partial charge on any atom is -0.392 e. The lowest BCUT2D eigenvalue weighted by Crippen LogP contribution is -2.50. The average Bonchev–Trinajstić information content (AvgIpc) is 4.26. The minimum absolute atomic E-state index is 0.00970. The van der Waals surface area contributed by atoms with Gasteiger partial charge in [-0.05, 0) is 62.4 Å². The molecule has 4 aromatic carbocycles. The Morgan fingerprint density at radius 2 is 1.54 bits per heavy atom. The Morgan fingerprint density at radius 3 is 2.21 bits per heavy atom. The number of carbonyl (C=O) groups is 4. The van der Waals surface area contributed by atoms with Crippen molar-refractivity contribution >= 4 is 80.1 Å². The molecule has 0 radical (unpaired) electrons. The second-order valence-corrected chi connectivity index (χ2v) is 21.0. The third kappa shape index (κ3) is 17.6. The second-order valence-electron chi connectivity index (χ2n) is 19.3. The first-order chi connectivity index (χ1) is 39.4. The van der Waals surface area contributed by atoms with Gasteiger partial charge >= 0.3 is 0 Å². The van der Waals surface area contributed by atoms with Crippen molar-refractivity contribution in [3.8, 4) is 11.3 Å². The first-order valence-corrected chi connectivity index (χ1v) is 28.6. The molecule has 1 saturated heterocycles. The van der Waals surface area contributed by atoms with E-state index in [0.717, 1.165) is 78.4 Å². The van der Waals surface area contributed by atoms with Gasteiger partial charge in [0.2, 0.25) is 16.2 Å². The summed E-state index contributed by atoms with van der Waals surface area (Å²) < 4.78 is 1.36. The number of aliphatic imine (C=N–C) groups is 1. The number of benzene rings is 4. The quantitative estimate of drug-likeness (QED) is 0.0149. The predicted octanol–water partition coefficient (Wildman–Crippen LogP) is 8.04. The number of anilines is 3. The van der Waals surface area contributed by atoms with E-state index >= 15 is 0 Å². The maximum absolute atomic E-state index is 13.1. The largest absolute Gasteiger partial charge is 0.392 e. The predicted molar refractivity (Wildman–Crippen MR) is 323 cm³/mol. The summed E-state index contributed by atoms with van der Waals surface area (Å²) in [5.41, 5.74) is 14.9. The highest BCUT2D eigenvalue weighted by molar-refractivity contribution is 7.14. The Kier molecular flexibility index (Phi) is 23.0. The Balaban J connectivity index is 0.000000235. The fourth-order valence-electron chi connectivity index (χ4n) is 8.96. The van der Waals surface area contributed by atoms with E-state index in [-0.39, 0.29) is 29.8 Å². The number of nitrogen functional groups attached to an aromatic ring is 1. The molecule has 2 amide bonds. The lowest BCUT2D eigenvalue weighted by molar-refractivity contribution is -0.135. The van der Waals surface area contributed by atoms with Gasteiger partial charge in [0, 0.05) is 92.3 Å². The molecule has 19 nitrogen and oxygen atoms in total. The number of piperidine rings is 1. The summed E-state index contributed by atoms with van der Waals surface area (Å²) in [6.07, 6.45) is 12.2. The standard InChI is InChI=1S/C31H33N7O3S2.C29H36N6O3/c1-38(37-28(24-11-7-6-8-12-24)26(21-40)35-36-30-33-18-20-42-30)31-34-27(22-43-31)23-13-15-25(16-14-23)29(41)32-17-9-4-2-3-5-10-19-39;1-31-18-22-8-11-23(12-9-22)26(32-2)27-25(30)28(37)35(20-33-27)19-29(38)14-16-34(17-15-29)24(36)13-10-21-6-4-3-5-7-21/h6-8,11-16,18-22H,2-5,9-10,17H2,1H3,(H,32,41)(H,33,36);3-9,11-12,20,31,38H,10,13-19,30H2,1-2H3/b35-26-,37-28-;. The number of aryl methyl sites for hydroxylation is 1. The highest BCUT2D eigenvalue weighted by Crippen LogP contribution is 2.29. The van der Waals surface area contributed by atoms with E-state index in [1.54, 1.807) is 42.3 Å². The number of thiazole rings is 2. The number of rotatable bonds is 26. The van der Waals surface area contributed by atoms with Crippen molar-refractivity contribution in [3.63, 3.8) is 0 Å². The van der Waals surface area contributed by atoms with Crippen LogP contribution in [0.1, 0.15) is 96.1 Å². The molecule has 6 N–H and O–H groups in total. The van der Waals surface area contributed by atoms with Crippen molar-refractivity contribution in [2.24, 2.45) is 15.2 Å². The molecule has 0 saturated carbocycles. The van der Waals surface area contributed by atoms with E-state index in [1.807, 2.05) is 115 Å². The first-order valence-electron chi connectivity index (χ1n) is 26.9. The lowest BCUT2D eigenvalue weighted by atomic mass is 9.91. The molecule has 1 aliphatic heterocycles. The SMILES string of the molecule is CN(/N=C(\C(C=O)=N/Nc1nccs1)c1ccccc1)c1nc(-c2ccc(C(=O)NCCCCCCCC=O)cc2)cs1.CN=C(c1ccc(CNC)cc1)c1ncn(CC2(O)CCN(C(=O)CCc3ccccc3)CC2)c(=O)c1N. The molecule has 422 valence electrons. The molecule has 0 aliphatic carbocycles. The number of nitrogens with two attached hydrogens (primary N) is 1. The van der Waals surface area contributed by atoms with Crippen LogP contribution >= 0.6 is 22.7 Å². The van der Waals surface area contributed by atoms with Crippen LogP contribution in [-0.2, 0) is 33.9 Å². The number of hydrazone groups is 2. The van der Waals surface area contributed by atoms with Crippen molar-refractivity contribution in [2.75, 3.05) is 56.9 Å². The zero-order valence-corrected chi connectivity index (χ0v) is 47.5. The summed E-state index contributed by atoms with van der Waals surface area (Å²) >= 11 is 2.78. The van der Waals surface area contributed by atoms with Gasteiger partial charge < -0.3 is 31.2 Å². The normalized spacial score (nSPS) is 13.4. The Bertz CT molecular complexity index is 3290. The van der Waals surface area contributed by atoms with Crippen LogP contribution in [0.2, 0.25) is 0 Å². The number of nitrogens with one attached hydrogen (secondary N) is 3. The third-order valence-electron chi connectivity index (χ3n) is 13.5. The number of aromatic nitrogens is 4. The van der Waals surface area contributed by atoms with Gasteiger partial charge in [-0.1, -0.05) is 116 Å². The van der Waals surface area contributed by atoms with Crippen LogP contribution < -0.4 is 32.4 Å². The summed E-state index contributed by atoms with van der Waals surface area (Å²) in [5, 5.41) is 32.8. The van der Waals surface area contributed by atoms with Crippen molar-refractivity contribution in [1.29, 1.82) is 0 Å². The van der Waals surface area contributed by atoms with Gasteiger partial charge in [0.05, 0.1) is 29.9 Å². The van der Waals surface area contributed by atoms with Crippen LogP contribution in [0.3, 0.4) is 0 Å². The molecule has 1 aliphatic rings. The van der Waals surface area contributed by atoms with Crippen molar-refractivity contribution in [3.05, 3.63) is 176 Å². The number of unbranched alkanes of at least 4 members (excludes halogenated alkanes) is 5. The number of carbonyl (C=O) groups excluding carboxylic acids is 4. The molecule has 3 aromatic heterocycles. The van der Waals surface area contributed by atoms with E-state index < -0.39 is 11.2 Å². The third-order valence-corrected chi connectivity index (χ3v) is 15.0.